The van der Waals surface area contributed by atoms with Crippen LogP contribution in [0.5, 0.6) is 11.6 Å². The van der Waals surface area contributed by atoms with Gasteiger partial charge in [0.2, 0.25) is 11.8 Å². The van der Waals surface area contributed by atoms with Gasteiger partial charge in [0.05, 0.1) is 23.4 Å². The maximum atomic E-state index is 13.2. The van der Waals surface area contributed by atoms with Crippen molar-refractivity contribution in [3.8, 4) is 11.6 Å². The maximum Gasteiger partial charge on any atom is 0.416 e. The van der Waals surface area contributed by atoms with Crippen molar-refractivity contribution in [2.45, 2.75) is 32.6 Å². The third kappa shape index (κ3) is 6.03. The zero-order chi connectivity index (χ0) is 27.6. The van der Waals surface area contributed by atoms with Gasteiger partial charge in [0, 0.05) is 32.1 Å². The number of nitrogens with zero attached hydrogens (tertiary/aromatic N) is 4. The number of ether oxygens (including phenoxy) is 1. The summed E-state index contributed by atoms with van der Waals surface area (Å²) < 4.78 is 45.2. The first-order chi connectivity index (χ1) is 18.7. The van der Waals surface area contributed by atoms with E-state index in [1.54, 1.807) is 4.90 Å². The molecular formula is C30H27F3N4O2. The molecule has 200 valence electrons. The minimum atomic E-state index is -4.46. The summed E-state index contributed by atoms with van der Waals surface area (Å²) in [5.74, 6) is 1.10. The van der Waals surface area contributed by atoms with Crippen molar-refractivity contribution in [3.05, 3.63) is 112 Å². The molecule has 0 bridgehead atoms. The third-order valence-electron chi connectivity index (χ3n) is 6.56. The fraction of sp³-hybridized carbons (Fsp3) is 0.233. The van der Waals surface area contributed by atoms with Crippen molar-refractivity contribution in [3.63, 3.8) is 0 Å². The van der Waals surface area contributed by atoms with Crippen molar-refractivity contribution in [1.29, 1.82) is 0 Å². The number of alkyl halides is 3. The van der Waals surface area contributed by atoms with Crippen molar-refractivity contribution < 1.29 is 22.7 Å². The number of fused-ring (bicyclic) bond motifs is 1. The lowest BCUT2D eigenvalue weighted by molar-refractivity contribution is -0.137. The van der Waals surface area contributed by atoms with E-state index in [1.807, 2.05) is 73.5 Å². The van der Waals surface area contributed by atoms with Crippen LogP contribution in [0.3, 0.4) is 0 Å². The van der Waals surface area contributed by atoms with E-state index in [9.17, 15) is 18.0 Å². The first-order valence-electron chi connectivity index (χ1n) is 12.5. The number of hydrogen-bond acceptors (Lipinski definition) is 5. The van der Waals surface area contributed by atoms with E-state index in [4.69, 9.17) is 14.7 Å². The van der Waals surface area contributed by atoms with Crippen LogP contribution in [0.15, 0.2) is 78.9 Å². The van der Waals surface area contributed by atoms with E-state index < -0.39 is 11.7 Å². The number of amides is 1. The predicted octanol–water partition coefficient (Wildman–Crippen LogP) is 6.43. The van der Waals surface area contributed by atoms with Crippen LogP contribution in [0.2, 0.25) is 0 Å². The van der Waals surface area contributed by atoms with Gasteiger partial charge in [0.15, 0.2) is 0 Å². The number of anilines is 1. The number of carbonyl (C=O) groups is 1. The molecule has 0 aliphatic carbocycles. The standard InChI is InChI=1S/C30H27F3N4O2/c1-20-7-6-10-24(17-20)39-27-25-19-37(28(38)22-11-13-23(14-12-22)30(31,32)33)16-15-26(25)34-29(35-27)36(2)18-21-8-4-3-5-9-21/h3-14,17H,15-16,18-19H2,1-2H3. The van der Waals surface area contributed by atoms with Crippen LogP contribution in [0.25, 0.3) is 0 Å². The topological polar surface area (TPSA) is 58.6 Å². The van der Waals surface area contributed by atoms with Gasteiger partial charge in [0.25, 0.3) is 5.91 Å². The highest BCUT2D eigenvalue weighted by atomic mass is 19.4. The van der Waals surface area contributed by atoms with Gasteiger partial charge in [0.1, 0.15) is 5.75 Å². The fourth-order valence-electron chi connectivity index (χ4n) is 4.50. The summed E-state index contributed by atoms with van der Waals surface area (Å²) in [6, 6.07) is 21.8. The average molecular weight is 533 g/mol. The summed E-state index contributed by atoms with van der Waals surface area (Å²) in [5, 5.41) is 0. The largest absolute Gasteiger partial charge is 0.438 e. The van der Waals surface area contributed by atoms with E-state index in [2.05, 4.69) is 0 Å². The van der Waals surface area contributed by atoms with Crippen LogP contribution >= 0.6 is 0 Å². The van der Waals surface area contributed by atoms with Gasteiger partial charge in [-0.3, -0.25) is 4.79 Å². The third-order valence-corrected chi connectivity index (χ3v) is 6.56. The summed E-state index contributed by atoms with van der Waals surface area (Å²) in [5.41, 5.74) is 2.98. The minimum Gasteiger partial charge on any atom is -0.438 e. The number of rotatable bonds is 6. The van der Waals surface area contributed by atoms with Gasteiger partial charge in [-0.1, -0.05) is 42.5 Å². The molecular weight excluding hydrogens is 505 g/mol. The van der Waals surface area contributed by atoms with Crippen LogP contribution in [0.1, 0.15) is 38.3 Å². The Hall–Kier alpha value is -4.40. The molecule has 0 radical (unpaired) electrons. The second kappa shape index (κ2) is 10.8. The van der Waals surface area contributed by atoms with Gasteiger partial charge in [-0.05, 0) is 54.4 Å². The Morgan fingerprint density at radius 3 is 2.44 bits per heavy atom. The highest BCUT2D eigenvalue weighted by molar-refractivity contribution is 5.94. The SMILES string of the molecule is Cc1cccc(Oc2nc(N(C)Cc3ccccc3)nc3c2CN(C(=O)c2ccc(C(F)(F)F)cc2)CC3)c1. The lowest BCUT2D eigenvalue weighted by Crippen LogP contribution is -2.37. The Labute approximate surface area is 224 Å². The maximum absolute atomic E-state index is 13.2. The number of benzene rings is 3. The number of halogens is 3. The zero-order valence-corrected chi connectivity index (χ0v) is 21.6. The van der Waals surface area contributed by atoms with Gasteiger partial charge >= 0.3 is 6.18 Å². The average Bonchev–Trinajstić information content (AvgIpc) is 2.92. The highest BCUT2D eigenvalue weighted by Crippen LogP contribution is 2.33. The first kappa shape index (κ1) is 26.2. The molecule has 1 aliphatic rings. The molecule has 0 spiro atoms. The van der Waals surface area contributed by atoms with E-state index in [0.29, 0.717) is 42.7 Å². The van der Waals surface area contributed by atoms with Crippen LogP contribution < -0.4 is 9.64 Å². The van der Waals surface area contributed by atoms with Crippen LogP contribution in [-0.2, 0) is 25.7 Å². The summed E-state index contributed by atoms with van der Waals surface area (Å²) in [7, 11) is 1.91. The molecule has 5 rings (SSSR count). The Morgan fingerprint density at radius 1 is 1.00 bits per heavy atom. The quantitative estimate of drug-likeness (QED) is 0.286. The van der Waals surface area contributed by atoms with Gasteiger partial charge in [-0.15, -0.1) is 0 Å². The molecule has 6 nitrogen and oxygen atoms in total. The summed E-state index contributed by atoms with van der Waals surface area (Å²) in [4.78, 5) is 26.3. The Kier molecular flexibility index (Phi) is 7.24. The highest BCUT2D eigenvalue weighted by Gasteiger charge is 2.31. The lowest BCUT2D eigenvalue weighted by Gasteiger charge is -2.30. The fourth-order valence-corrected chi connectivity index (χ4v) is 4.50. The Bertz CT molecular complexity index is 1470. The molecule has 0 atom stereocenters. The summed E-state index contributed by atoms with van der Waals surface area (Å²) >= 11 is 0. The second-order valence-corrected chi connectivity index (χ2v) is 9.57. The predicted molar refractivity (Wildman–Crippen MR) is 142 cm³/mol. The number of aryl methyl sites for hydroxylation is 1. The number of carbonyl (C=O) groups excluding carboxylic acids is 1. The molecule has 0 saturated heterocycles. The smallest absolute Gasteiger partial charge is 0.416 e. The molecule has 0 fully saturated rings. The van der Waals surface area contributed by atoms with Crippen LogP contribution in [-0.4, -0.2) is 34.4 Å². The van der Waals surface area contributed by atoms with E-state index >= 15 is 0 Å². The Morgan fingerprint density at radius 2 is 1.74 bits per heavy atom. The molecule has 1 aromatic heterocycles. The minimum absolute atomic E-state index is 0.180. The first-order valence-corrected chi connectivity index (χ1v) is 12.5. The molecule has 1 amide bonds. The van der Waals surface area contributed by atoms with Gasteiger partial charge in [-0.2, -0.15) is 18.2 Å². The summed E-state index contributed by atoms with van der Waals surface area (Å²) in [6.45, 7) is 3.11. The van der Waals surface area contributed by atoms with Crippen molar-refractivity contribution >= 4 is 11.9 Å². The molecule has 4 aromatic rings. The van der Waals surface area contributed by atoms with E-state index in [-0.39, 0.29) is 18.0 Å². The molecule has 39 heavy (non-hydrogen) atoms. The van der Waals surface area contributed by atoms with Crippen molar-refractivity contribution in [1.82, 2.24) is 14.9 Å². The molecule has 0 N–H and O–H groups in total. The van der Waals surface area contributed by atoms with E-state index in [0.717, 1.165) is 29.0 Å². The normalized spacial score (nSPS) is 13.1. The van der Waals surface area contributed by atoms with Crippen LogP contribution in [0, 0.1) is 6.92 Å². The molecule has 0 unspecified atom stereocenters. The second-order valence-electron chi connectivity index (χ2n) is 9.57. The zero-order valence-electron chi connectivity index (χ0n) is 21.6. The van der Waals surface area contributed by atoms with Gasteiger partial charge in [-0.25, -0.2) is 4.98 Å². The number of aromatic nitrogens is 2. The van der Waals surface area contributed by atoms with Gasteiger partial charge < -0.3 is 14.5 Å². The van der Waals surface area contributed by atoms with Crippen molar-refractivity contribution in [2.24, 2.45) is 0 Å². The van der Waals surface area contributed by atoms with E-state index in [1.165, 1.54) is 12.1 Å². The monoisotopic (exact) mass is 532 g/mol. The molecule has 1 aliphatic heterocycles. The summed E-state index contributed by atoms with van der Waals surface area (Å²) in [6.07, 6.45) is -4.00. The molecule has 0 saturated carbocycles. The molecule has 3 aromatic carbocycles. The van der Waals surface area contributed by atoms with Crippen molar-refractivity contribution in [2.75, 3.05) is 18.5 Å². The number of hydrogen-bond donors (Lipinski definition) is 0. The lowest BCUT2D eigenvalue weighted by atomic mass is 10.0. The molecule has 2 heterocycles. The molecule has 9 heteroatoms. The Balaban J connectivity index is 1.45. The van der Waals surface area contributed by atoms with Crippen LogP contribution in [0.4, 0.5) is 19.1 Å².